The molecular weight excluding hydrogens is 259 g/mol. The third kappa shape index (κ3) is 3.12. The first-order valence-electron chi connectivity index (χ1n) is 5.31. The molecule has 1 heterocycles. The molecule has 0 bridgehead atoms. The first kappa shape index (κ1) is 13.1. The zero-order valence-electron chi connectivity index (χ0n) is 9.90. The minimum Gasteiger partial charge on any atom is -0.405 e. The number of benzene rings is 1. The van der Waals surface area contributed by atoms with Crippen molar-refractivity contribution in [3.8, 4) is 17.0 Å². The van der Waals surface area contributed by atoms with Crippen LogP contribution in [0.4, 0.5) is 19.1 Å². The molecule has 0 aliphatic rings. The SMILES string of the molecule is Cc1cnc(N)nc1-c1ccccc1OC(F)(F)F. The number of nitrogens with two attached hydrogens (primary N) is 1. The number of aromatic nitrogens is 2. The van der Waals surface area contributed by atoms with Crippen molar-refractivity contribution in [2.24, 2.45) is 0 Å². The van der Waals surface area contributed by atoms with Crippen LogP contribution in [0.2, 0.25) is 0 Å². The predicted octanol–water partition coefficient (Wildman–Crippen LogP) is 2.93. The molecule has 7 heteroatoms. The number of rotatable bonds is 2. The van der Waals surface area contributed by atoms with Crippen molar-refractivity contribution in [2.75, 3.05) is 5.73 Å². The average Bonchev–Trinajstić information content (AvgIpc) is 2.31. The highest BCUT2D eigenvalue weighted by atomic mass is 19.4. The minimum atomic E-state index is -4.76. The lowest BCUT2D eigenvalue weighted by Crippen LogP contribution is -2.17. The van der Waals surface area contributed by atoms with Gasteiger partial charge in [-0.2, -0.15) is 0 Å². The summed E-state index contributed by atoms with van der Waals surface area (Å²) in [6.45, 7) is 1.68. The molecule has 2 aromatic rings. The Morgan fingerprint density at radius 1 is 1.21 bits per heavy atom. The van der Waals surface area contributed by atoms with Crippen LogP contribution in [0.15, 0.2) is 30.5 Å². The van der Waals surface area contributed by atoms with Gasteiger partial charge in [0.05, 0.1) is 5.69 Å². The number of alkyl halides is 3. The van der Waals surface area contributed by atoms with Crippen LogP contribution >= 0.6 is 0 Å². The number of aryl methyl sites for hydroxylation is 1. The first-order chi connectivity index (χ1) is 8.87. The highest BCUT2D eigenvalue weighted by Crippen LogP contribution is 2.34. The summed E-state index contributed by atoms with van der Waals surface area (Å²) < 4.78 is 41.0. The van der Waals surface area contributed by atoms with Crippen LogP contribution < -0.4 is 10.5 Å². The van der Waals surface area contributed by atoms with Gasteiger partial charge in [0.25, 0.3) is 0 Å². The number of nitrogen functional groups attached to an aromatic ring is 1. The van der Waals surface area contributed by atoms with Crippen molar-refractivity contribution in [3.05, 3.63) is 36.0 Å². The van der Waals surface area contributed by atoms with Gasteiger partial charge in [0.2, 0.25) is 5.95 Å². The third-order valence-corrected chi connectivity index (χ3v) is 2.36. The van der Waals surface area contributed by atoms with Crippen LogP contribution in [-0.2, 0) is 0 Å². The van der Waals surface area contributed by atoms with Crippen LogP contribution in [0.1, 0.15) is 5.56 Å². The molecule has 4 nitrogen and oxygen atoms in total. The molecule has 0 radical (unpaired) electrons. The molecule has 0 aliphatic carbocycles. The van der Waals surface area contributed by atoms with Crippen LogP contribution in [-0.4, -0.2) is 16.3 Å². The predicted molar refractivity (Wildman–Crippen MR) is 63.3 cm³/mol. The van der Waals surface area contributed by atoms with Gasteiger partial charge in [-0.15, -0.1) is 13.2 Å². The summed E-state index contributed by atoms with van der Waals surface area (Å²) in [6.07, 6.45) is -3.31. The topological polar surface area (TPSA) is 61.0 Å². The van der Waals surface area contributed by atoms with Gasteiger partial charge in [0.15, 0.2) is 0 Å². The summed E-state index contributed by atoms with van der Waals surface area (Å²) in [5.41, 5.74) is 6.59. The molecule has 0 fully saturated rings. The quantitative estimate of drug-likeness (QED) is 0.910. The second kappa shape index (κ2) is 4.75. The number of ether oxygens (including phenoxy) is 1. The fraction of sp³-hybridized carbons (Fsp3) is 0.167. The molecule has 0 aliphatic heterocycles. The third-order valence-electron chi connectivity index (χ3n) is 2.36. The number of hydrogen-bond acceptors (Lipinski definition) is 4. The zero-order chi connectivity index (χ0) is 14.0. The van der Waals surface area contributed by atoms with Crippen molar-refractivity contribution in [2.45, 2.75) is 13.3 Å². The highest BCUT2D eigenvalue weighted by molar-refractivity contribution is 5.70. The summed E-state index contributed by atoms with van der Waals surface area (Å²) in [5.74, 6) is -0.335. The number of halogens is 3. The van der Waals surface area contributed by atoms with E-state index in [0.29, 0.717) is 11.3 Å². The molecule has 0 saturated heterocycles. The fourth-order valence-electron chi connectivity index (χ4n) is 1.60. The second-order valence-electron chi connectivity index (χ2n) is 3.80. The maximum Gasteiger partial charge on any atom is 0.573 e. The van der Waals surface area contributed by atoms with E-state index in [-0.39, 0.29) is 17.3 Å². The van der Waals surface area contributed by atoms with E-state index in [0.717, 1.165) is 0 Å². The largest absolute Gasteiger partial charge is 0.573 e. The van der Waals surface area contributed by atoms with Gasteiger partial charge < -0.3 is 10.5 Å². The minimum absolute atomic E-state index is 0.0117. The van der Waals surface area contributed by atoms with E-state index in [1.54, 1.807) is 13.0 Å². The highest BCUT2D eigenvalue weighted by Gasteiger charge is 2.32. The van der Waals surface area contributed by atoms with E-state index in [1.165, 1.54) is 24.4 Å². The van der Waals surface area contributed by atoms with E-state index < -0.39 is 6.36 Å². The molecule has 0 saturated carbocycles. The fourth-order valence-corrected chi connectivity index (χ4v) is 1.60. The molecule has 0 atom stereocenters. The lowest BCUT2D eigenvalue weighted by Gasteiger charge is -2.13. The Balaban J connectivity index is 2.53. The normalized spacial score (nSPS) is 11.4. The van der Waals surface area contributed by atoms with Crippen LogP contribution in [0.3, 0.4) is 0 Å². The Bertz CT molecular complexity index is 599. The van der Waals surface area contributed by atoms with Gasteiger partial charge in [0, 0.05) is 11.8 Å². The first-order valence-corrected chi connectivity index (χ1v) is 5.31. The van der Waals surface area contributed by atoms with Crippen LogP contribution in [0.5, 0.6) is 5.75 Å². The number of hydrogen-bond donors (Lipinski definition) is 1. The van der Waals surface area contributed by atoms with Crippen molar-refractivity contribution in [3.63, 3.8) is 0 Å². The maximum absolute atomic E-state index is 12.3. The van der Waals surface area contributed by atoms with E-state index in [4.69, 9.17) is 5.73 Å². The van der Waals surface area contributed by atoms with E-state index in [2.05, 4.69) is 14.7 Å². The molecule has 19 heavy (non-hydrogen) atoms. The molecule has 0 unspecified atom stereocenters. The van der Waals surface area contributed by atoms with Crippen LogP contribution in [0, 0.1) is 6.92 Å². The second-order valence-corrected chi connectivity index (χ2v) is 3.80. The van der Waals surface area contributed by atoms with Gasteiger partial charge in [0.1, 0.15) is 5.75 Å². The molecule has 2 N–H and O–H groups in total. The summed E-state index contributed by atoms with van der Waals surface area (Å²) >= 11 is 0. The Kier molecular flexibility index (Phi) is 3.28. The lowest BCUT2D eigenvalue weighted by molar-refractivity contribution is -0.274. The Morgan fingerprint density at radius 2 is 1.89 bits per heavy atom. The molecule has 1 aromatic carbocycles. The smallest absolute Gasteiger partial charge is 0.405 e. The molecule has 0 amide bonds. The average molecular weight is 269 g/mol. The maximum atomic E-state index is 12.3. The van der Waals surface area contributed by atoms with Crippen molar-refractivity contribution in [1.29, 1.82) is 0 Å². The number of para-hydroxylation sites is 1. The number of nitrogens with zero attached hydrogens (tertiary/aromatic N) is 2. The van der Waals surface area contributed by atoms with E-state index in [1.807, 2.05) is 0 Å². The Morgan fingerprint density at radius 3 is 2.58 bits per heavy atom. The monoisotopic (exact) mass is 269 g/mol. The molecule has 0 spiro atoms. The van der Waals surface area contributed by atoms with Crippen LogP contribution in [0.25, 0.3) is 11.3 Å². The Hall–Kier alpha value is -2.31. The number of anilines is 1. The summed E-state index contributed by atoms with van der Waals surface area (Å²) in [6, 6.07) is 5.75. The van der Waals surface area contributed by atoms with Gasteiger partial charge >= 0.3 is 6.36 Å². The summed E-state index contributed by atoms with van der Waals surface area (Å²) in [5, 5.41) is 0. The molecule has 100 valence electrons. The molecule has 1 aromatic heterocycles. The van der Waals surface area contributed by atoms with E-state index >= 15 is 0 Å². The Labute approximate surface area is 107 Å². The summed E-state index contributed by atoms with van der Waals surface area (Å²) in [7, 11) is 0. The standard InChI is InChI=1S/C12H10F3N3O/c1-7-6-17-11(16)18-10(7)8-4-2-3-5-9(8)19-12(13,14)15/h2-6H,1H3,(H2,16,17,18). The van der Waals surface area contributed by atoms with Gasteiger partial charge in [-0.05, 0) is 24.6 Å². The molecular formula is C12H10F3N3O. The van der Waals surface area contributed by atoms with E-state index in [9.17, 15) is 13.2 Å². The van der Waals surface area contributed by atoms with Crippen molar-refractivity contribution < 1.29 is 17.9 Å². The lowest BCUT2D eigenvalue weighted by atomic mass is 10.1. The van der Waals surface area contributed by atoms with Crippen molar-refractivity contribution >= 4 is 5.95 Å². The zero-order valence-corrected chi connectivity index (χ0v) is 9.90. The van der Waals surface area contributed by atoms with Crippen molar-refractivity contribution in [1.82, 2.24) is 9.97 Å². The molecule has 2 rings (SSSR count). The van der Waals surface area contributed by atoms with Gasteiger partial charge in [-0.25, -0.2) is 9.97 Å². The van der Waals surface area contributed by atoms with Gasteiger partial charge in [-0.3, -0.25) is 0 Å². The summed E-state index contributed by atoms with van der Waals surface area (Å²) in [4.78, 5) is 7.73. The van der Waals surface area contributed by atoms with Gasteiger partial charge in [-0.1, -0.05) is 12.1 Å².